The number of carbonyl (C=O) groups excluding carboxylic acids is 2. The van der Waals surface area contributed by atoms with Gasteiger partial charge < -0.3 is 34.9 Å². The zero-order valence-electron chi connectivity index (χ0n) is 23.4. The van der Waals surface area contributed by atoms with E-state index < -0.39 is 6.04 Å². The average molecular weight is 577 g/mol. The Kier molecular flexibility index (Phi) is 9.75. The molecule has 0 radical (unpaired) electrons. The second kappa shape index (κ2) is 13.6. The maximum Gasteiger partial charge on any atom is 0.255 e. The van der Waals surface area contributed by atoms with Crippen molar-refractivity contribution in [2.75, 3.05) is 44.8 Å². The third kappa shape index (κ3) is 7.12. The molecule has 2 amide bonds. The van der Waals surface area contributed by atoms with Gasteiger partial charge in [0.25, 0.3) is 5.91 Å². The molecule has 1 heterocycles. The third-order valence-corrected chi connectivity index (χ3v) is 7.10. The SMILES string of the molecule is COc1ccc(NC(=O)CSC2=N[C@H](c3cc(OC)c(OC)c(OC)c3)C(C(=O)Nc3ccccc3)=C(C)N2)cc1. The largest absolute Gasteiger partial charge is 0.497 e. The molecule has 0 aromatic heterocycles. The Hall–Kier alpha value is -4.64. The number of carbonyl (C=O) groups is 2. The summed E-state index contributed by atoms with van der Waals surface area (Å²) >= 11 is 1.23. The van der Waals surface area contributed by atoms with E-state index in [1.165, 1.54) is 33.1 Å². The highest BCUT2D eigenvalue weighted by Gasteiger charge is 2.31. The standard InChI is InChI=1S/C30H32N4O6S/c1-18-26(29(36)33-20-9-7-6-8-10-20)27(19-15-23(38-3)28(40-5)24(16-19)39-4)34-30(31-18)41-17-25(35)32-21-11-13-22(37-2)14-12-21/h6-16,27H,17H2,1-5H3,(H,31,34)(H,32,35)(H,33,36)/t27-/m1/s1. The number of hydrogen-bond donors (Lipinski definition) is 3. The zero-order valence-corrected chi connectivity index (χ0v) is 24.3. The normalized spacial score (nSPS) is 14.4. The number of allylic oxidation sites excluding steroid dienone is 1. The highest BCUT2D eigenvalue weighted by molar-refractivity contribution is 8.14. The molecule has 0 fully saturated rings. The van der Waals surface area contributed by atoms with Gasteiger partial charge in [0.15, 0.2) is 16.7 Å². The molecular formula is C30H32N4O6S. The van der Waals surface area contributed by atoms with Crippen LogP contribution in [-0.4, -0.2) is 51.2 Å². The minimum Gasteiger partial charge on any atom is -0.497 e. The van der Waals surface area contributed by atoms with E-state index >= 15 is 0 Å². The first-order valence-electron chi connectivity index (χ1n) is 12.6. The lowest BCUT2D eigenvalue weighted by Gasteiger charge is -2.27. The first-order valence-corrected chi connectivity index (χ1v) is 13.6. The van der Waals surface area contributed by atoms with E-state index in [9.17, 15) is 9.59 Å². The summed E-state index contributed by atoms with van der Waals surface area (Å²) in [5.74, 6) is 1.57. The van der Waals surface area contributed by atoms with E-state index in [4.69, 9.17) is 23.9 Å². The van der Waals surface area contributed by atoms with E-state index in [0.717, 1.165) is 0 Å². The van der Waals surface area contributed by atoms with Crippen molar-refractivity contribution in [2.24, 2.45) is 4.99 Å². The predicted molar refractivity (Wildman–Crippen MR) is 161 cm³/mol. The number of anilines is 2. The molecule has 0 saturated carbocycles. The molecule has 3 aromatic rings. The number of para-hydroxylation sites is 1. The molecular weight excluding hydrogens is 544 g/mol. The van der Waals surface area contributed by atoms with Crippen LogP contribution >= 0.6 is 11.8 Å². The molecule has 41 heavy (non-hydrogen) atoms. The van der Waals surface area contributed by atoms with Gasteiger partial charge in [-0.2, -0.15) is 0 Å². The summed E-state index contributed by atoms with van der Waals surface area (Å²) in [6.45, 7) is 1.80. The van der Waals surface area contributed by atoms with Crippen LogP contribution < -0.4 is 34.9 Å². The van der Waals surface area contributed by atoms with Gasteiger partial charge in [0, 0.05) is 17.1 Å². The average Bonchev–Trinajstić information content (AvgIpc) is 2.99. The lowest BCUT2D eigenvalue weighted by Crippen LogP contribution is -2.32. The Morgan fingerprint density at radius 2 is 1.49 bits per heavy atom. The summed E-state index contributed by atoms with van der Waals surface area (Å²) in [4.78, 5) is 31.1. The molecule has 4 rings (SSSR count). The summed E-state index contributed by atoms with van der Waals surface area (Å²) in [5, 5.41) is 9.50. The molecule has 11 heteroatoms. The van der Waals surface area contributed by atoms with Crippen LogP contribution in [0.25, 0.3) is 0 Å². The van der Waals surface area contributed by atoms with Gasteiger partial charge >= 0.3 is 0 Å². The molecule has 0 unspecified atom stereocenters. The smallest absolute Gasteiger partial charge is 0.255 e. The van der Waals surface area contributed by atoms with Crippen LogP contribution in [0.1, 0.15) is 18.5 Å². The third-order valence-electron chi connectivity index (χ3n) is 6.21. The van der Waals surface area contributed by atoms with Crippen molar-refractivity contribution in [3.8, 4) is 23.0 Å². The molecule has 1 atom stereocenters. The maximum absolute atomic E-state index is 13.6. The number of rotatable bonds is 10. The first-order chi connectivity index (χ1) is 19.9. The maximum atomic E-state index is 13.6. The van der Waals surface area contributed by atoms with Gasteiger partial charge in [-0.3, -0.25) is 9.59 Å². The van der Waals surface area contributed by atoms with E-state index in [-0.39, 0.29) is 17.6 Å². The van der Waals surface area contributed by atoms with Gasteiger partial charge in [0.2, 0.25) is 11.7 Å². The van der Waals surface area contributed by atoms with E-state index in [1.807, 2.05) is 30.3 Å². The molecule has 0 spiro atoms. The van der Waals surface area contributed by atoms with Gasteiger partial charge in [-0.1, -0.05) is 30.0 Å². The van der Waals surface area contributed by atoms with E-state index in [0.29, 0.717) is 56.4 Å². The van der Waals surface area contributed by atoms with Crippen molar-refractivity contribution in [1.82, 2.24) is 5.32 Å². The number of amidine groups is 1. The summed E-state index contributed by atoms with van der Waals surface area (Å²) in [5.41, 5.74) is 2.97. The Bertz CT molecular complexity index is 1430. The lowest BCUT2D eigenvalue weighted by atomic mass is 9.95. The Morgan fingerprint density at radius 1 is 0.854 bits per heavy atom. The molecule has 0 aliphatic carbocycles. The minimum atomic E-state index is -0.721. The van der Waals surface area contributed by atoms with Crippen molar-refractivity contribution in [3.05, 3.63) is 83.6 Å². The van der Waals surface area contributed by atoms with Crippen molar-refractivity contribution in [2.45, 2.75) is 13.0 Å². The van der Waals surface area contributed by atoms with Gasteiger partial charge in [0.05, 0.1) is 39.8 Å². The Labute approximate surface area is 243 Å². The second-order valence-corrected chi connectivity index (χ2v) is 9.81. The van der Waals surface area contributed by atoms with Crippen molar-refractivity contribution < 1.29 is 28.5 Å². The topological polar surface area (TPSA) is 120 Å². The predicted octanol–water partition coefficient (Wildman–Crippen LogP) is 5.01. The van der Waals surface area contributed by atoms with Crippen LogP contribution in [0.4, 0.5) is 11.4 Å². The number of methoxy groups -OCH3 is 4. The quantitative estimate of drug-likeness (QED) is 0.308. The number of benzene rings is 3. The Balaban J connectivity index is 1.62. The van der Waals surface area contributed by atoms with Crippen molar-refractivity contribution in [3.63, 3.8) is 0 Å². The minimum absolute atomic E-state index is 0.0959. The van der Waals surface area contributed by atoms with Gasteiger partial charge in [0.1, 0.15) is 11.8 Å². The Morgan fingerprint density at radius 3 is 2.07 bits per heavy atom. The fourth-order valence-corrected chi connectivity index (χ4v) is 4.99. The van der Waals surface area contributed by atoms with Crippen LogP contribution in [0.5, 0.6) is 23.0 Å². The number of amides is 2. The first kappa shape index (κ1) is 29.3. The van der Waals surface area contributed by atoms with Gasteiger partial charge in [-0.25, -0.2) is 4.99 Å². The molecule has 3 N–H and O–H groups in total. The van der Waals surface area contributed by atoms with Crippen LogP contribution in [0.2, 0.25) is 0 Å². The summed E-state index contributed by atoms with van der Waals surface area (Å²) in [6, 6.07) is 19.1. The fraction of sp³-hybridized carbons (Fsp3) is 0.233. The highest BCUT2D eigenvalue weighted by atomic mass is 32.2. The van der Waals surface area contributed by atoms with Crippen LogP contribution in [0, 0.1) is 0 Å². The summed E-state index contributed by atoms with van der Waals surface area (Å²) in [7, 11) is 6.16. The molecule has 3 aromatic carbocycles. The number of thioether (sulfide) groups is 1. The van der Waals surface area contributed by atoms with Crippen LogP contribution in [-0.2, 0) is 9.59 Å². The molecule has 1 aliphatic rings. The summed E-state index contributed by atoms with van der Waals surface area (Å²) < 4.78 is 21.7. The number of ether oxygens (including phenoxy) is 4. The van der Waals surface area contributed by atoms with E-state index in [2.05, 4.69) is 16.0 Å². The molecule has 0 bridgehead atoms. The number of nitrogens with one attached hydrogen (secondary N) is 3. The van der Waals surface area contributed by atoms with Crippen LogP contribution in [0.15, 0.2) is 83.0 Å². The van der Waals surface area contributed by atoms with Gasteiger partial charge in [-0.15, -0.1) is 0 Å². The van der Waals surface area contributed by atoms with E-state index in [1.54, 1.807) is 50.4 Å². The zero-order chi connectivity index (χ0) is 29.4. The number of aliphatic imine (C=N–C) groups is 1. The van der Waals surface area contributed by atoms with Gasteiger partial charge in [-0.05, 0) is 61.0 Å². The van der Waals surface area contributed by atoms with Crippen LogP contribution in [0.3, 0.4) is 0 Å². The second-order valence-electron chi connectivity index (χ2n) is 8.84. The molecule has 10 nitrogen and oxygen atoms in total. The van der Waals surface area contributed by atoms with Crippen molar-refractivity contribution >= 4 is 40.1 Å². The monoisotopic (exact) mass is 576 g/mol. The molecule has 0 saturated heterocycles. The lowest BCUT2D eigenvalue weighted by molar-refractivity contribution is -0.114. The molecule has 1 aliphatic heterocycles. The number of nitrogens with zero attached hydrogens (tertiary/aromatic N) is 1. The van der Waals surface area contributed by atoms with Crippen molar-refractivity contribution in [1.29, 1.82) is 0 Å². The molecule has 214 valence electrons. The summed E-state index contributed by atoms with van der Waals surface area (Å²) in [6.07, 6.45) is 0. The number of hydrogen-bond acceptors (Lipinski definition) is 9. The fourth-order valence-electron chi connectivity index (χ4n) is 4.24. The highest BCUT2D eigenvalue weighted by Crippen LogP contribution is 2.43.